The molecule has 0 bridgehead atoms. The van der Waals surface area contributed by atoms with Crippen molar-refractivity contribution in [3.05, 3.63) is 75.4 Å². The van der Waals surface area contributed by atoms with Crippen molar-refractivity contribution in [2.24, 2.45) is 30.2 Å². The number of nitrogens with zero attached hydrogens (tertiary/aromatic N) is 4. The molecule has 0 spiro atoms. The Morgan fingerprint density at radius 2 is 2.02 bits per heavy atom. The molecule has 13 nitrogen and oxygen atoms in total. The van der Waals surface area contributed by atoms with E-state index in [0.717, 1.165) is 16.3 Å². The van der Waals surface area contributed by atoms with Crippen molar-refractivity contribution in [3.8, 4) is 0 Å². The Hall–Kier alpha value is -4.37. The van der Waals surface area contributed by atoms with Gasteiger partial charge in [0.15, 0.2) is 17.0 Å². The van der Waals surface area contributed by atoms with Gasteiger partial charge in [0, 0.05) is 31.6 Å². The molecule has 3 heterocycles. The lowest BCUT2D eigenvalue weighted by atomic mass is 9.16. The van der Waals surface area contributed by atoms with Gasteiger partial charge in [-0.1, -0.05) is 12.1 Å². The SMILES string of the molecule is Cn1c(=O)oc2ccc(CNC(=O)c3cc(C(=O)NCC45C=C6C4C4C5CC64NS(C)(=O)=O)n4ncc(F)c4n3)cc21. The number of aromatic nitrogens is 4. The third-order valence-electron chi connectivity index (χ3n) is 9.57. The second kappa shape index (κ2) is 7.92. The molecule has 42 heavy (non-hydrogen) atoms. The van der Waals surface area contributed by atoms with E-state index < -0.39 is 38.9 Å². The quantitative estimate of drug-likeness (QED) is 0.248. The Morgan fingerprint density at radius 1 is 1.21 bits per heavy atom. The van der Waals surface area contributed by atoms with Crippen molar-refractivity contribution < 1.29 is 26.8 Å². The number of rotatable bonds is 8. The van der Waals surface area contributed by atoms with Gasteiger partial charge >= 0.3 is 5.76 Å². The van der Waals surface area contributed by atoms with Crippen molar-refractivity contribution in [1.82, 2.24) is 34.5 Å². The van der Waals surface area contributed by atoms with Crippen molar-refractivity contribution >= 4 is 38.6 Å². The molecule has 5 atom stereocenters. The average molecular weight is 594 g/mol. The molecule has 8 rings (SSSR count). The van der Waals surface area contributed by atoms with E-state index in [1.54, 1.807) is 25.2 Å². The summed E-state index contributed by atoms with van der Waals surface area (Å²) in [5, 5.41) is 9.58. The molecule has 4 aromatic rings. The lowest BCUT2D eigenvalue weighted by molar-refractivity contribution is -0.281. The van der Waals surface area contributed by atoms with Gasteiger partial charge < -0.3 is 15.1 Å². The smallest absolute Gasteiger partial charge is 0.408 e. The fraction of sp³-hybridized carbons (Fsp3) is 0.370. The minimum Gasteiger partial charge on any atom is -0.408 e. The Bertz CT molecular complexity index is 2120. The van der Waals surface area contributed by atoms with E-state index in [9.17, 15) is 27.2 Å². The van der Waals surface area contributed by atoms with Crippen LogP contribution in [0, 0.1) is 29.0 Å². The third-order valence-corrected chi connectivity index (χ3v) is 10.3. The van der Waals surface area contributed by atoms with Crippen LogP contribution in [0.5, 0.6) is 0 Å². The first-order valence-electron chi connectivity index (χ1n) is 13.3. The van der Waals surface area contributed by atoms with Crippen molar-refractivity contribution in [1.29, 1.82) is 0 Å². The zero-order chi connectivity index (χ0) is 29.3. The number of benzene rings is 1. The maximum absolute atomic E-state index is 14.5. The number of fused-ring (bicyclic) bond motifs is 4. The maximum Gasteiger partial charge on any atom is 0.419 e. The number of nitrogens with one attached hydrogen (secondary N) is 3. The molecular weight excluding hydrogens is 569 g/mol. The summed E-state index contributed by atoms with van der Waals surface area (Å²) in [7, 11) is -1.76. The van der Waals surface area contributed by atoms with E-state index in [2.05, 4.69) is 31.5 Å². The molecular formula is C27H24FN7O6S. The molecule has 0 saturated heterocycles. The van der Waals surface area contributed by atoms with E-state index in [1.165, 1.54) is 16.9 Å². The second-order valence-electron chi connectivity index (χ2n) is 11.7. The zero-order valence-corrected chi connectivity index (χ0v) is 23.2. The summed E-state index contributed by atoms with van der Waals surface area (Å²) in [5.41, 5.74) is 1.66. The zero-order valence-electron chi connectivity index (χ0n) is 22.3. The number of amides is 2. The third kappa shape index (κ3) is 3.14. The number of sulfonamides is 1. The Balaban J connectivity index is 1.00. The lowest BCUT2D eigenvalue weighted by Gasteiger charge is -2.89. The van der Waals surface area contributed by atoms with Gasteiger partial charge in [-0.25, -0.2) is 31.8 Å². The predicted molar refractivity (Wildman–Crippen MR) is 144 cm³/mol. The Morgan fingerprint density at radius 3 is 2.71 bits per heavy atom. The molecule has 3 saturated carbocycles. The molecule has 4 aliphatic rings. The summed E-state index contributed by atoms with van der Waals surface area (Å²) in [6, 6.07) is 6.31. The molecule has 3 fully saturated rings. The van der Waals surface area contributed by atoms with Gasteiger partial charge in [-0.2, -0.15) is 5.10 Å². The highest BCUT2D eigenvalue weighted by Crippen LogP contribution is 2.88. The highest BCUT2D eigenvalue weighted by atomic mass is 32.2. The highest BCUT2D eigenvalue weighted by Gasteiger charge is 2.89. The summed E-state index contributed by atoms with van der Waals surface area (Å²) < 4.78 is 48.5. The van der Waals surface area contributed by atoms with Gasteiger partial charge in [-0.05, 0) is 47.4 Å². The minimum absolute atomic E-state index is 0.0463. The van der Waals surface area contributed by atoms with Gasteiger partial charge in [0.05, 0.1) is 23.5 Å². The lowest BCUT2D eigenvalue weighted by Crippen LogP contribution is -2.93. The number of carbonyl (C=O) groups is 2. The van der Waals surface area contributed by atoms with Crippen LogP contribution in [-0.4, -0.2) is 57.7 Å². The molecule has 2 amide bonds. The second-order valence-corrected chi connectivity index (χ2v) is 13.5. The first-order chi connectivity index (χ1) is 19.9. The number of hydrogen-bond acceptors (Lipinski definition) is 8. The monoisotopic (exact) mass is 593 g/mol. The fourth-order valence-corrected chi connectivity index (χ4v) is 8.75. The fourth-order valence-electron chi connectivity index (χ4n) is 7.75. The van der Waals surface area contributed by atoms with Crippen molar-refractivity contribution in [2.45, 2.75) is 18.5 Å². The summed E-state index contributed by atoms with van der Waals surface area (Å²) in [5.74, 6) is -1.67. The largest absolute Gasteiger partial charge is 0.419 e. The van der Waals surface area contributed by atoms with E-state index in [4.69, 9.17) is 4.42 Å². The number of aryl methyl sites for hydroxylation is 1. The molecule has 0 radical (unpaired) electrons. The van der Waals surface area contributed by atoms with Gasteiger partial charge in [0.25, 0.3) is 11.8 Å². The molecule has 15 heteroatoms. The number of carbonyl (C=O) groups excluding carboxylic acids is 2. The number of hydrogen-bond donors (Lipinski definition) is 3. The summed E-state index contributed by atoms with van der Waals surface area (Å²) >= 11 is 0. The molecule has 5 unspecified atom stereocenters. The van der Waals surface area contributed by atoms with Gasteiger partial charge in [-0.15, -0.1) is 0 Å². The first-order valence-corrected chi connectivity index (χ1v) is 15.2. The molecule has 3 N–H and O–H groups in total. The normalized spacial score (nSPS) is 28.2. The molecule has 0 aliphatic heterocycles. The Kier molecular flexibility index (Phi) is 4.78. The average Bonchev–Trinajstić information content (AvgIpc) is 3.45. The molecule has 216 valence electrons. The van der Waals surface area contributed by atoms with Crippen LogP contribution in [0.3, 0.4) is 0 Å². The van der Waals surface area contributed by atoms with Gasteiger partial charge in [0.1, 0.15) is 11.4 Å². The summed E-state index contributed by atoms with van der Waals surface area (Å²) in [6.45, 7) is 0.422. The number of halogens is 1. The Labute approximate surface area is 236 Å². The highest BCUT2D eigenvalue weighted by molar-refractivity contribution is 7.88. The number of oxazole rings is 1. The van der Waals surface area contributed by atoms with Crippen LogP contribution < -0.4 is 21.1 Å². The van der Waals surface area contributed by atoms with Crippen LogP contribution in [0.1, 0.15) is 33.0 Å². The van der Waals surface area contributed by atoms with Gasteiger partial charge in [0.2, 0.25) is 10.0 Å². The minimum atomic E-state index is -3.33. The summed E-state index contributed by atoms with van der Waals surface area (Å²) in [4.78, 5) is 42.3. The van der Waals surface area contributed by atoms with Crippen molar-refractivity contribution in [2.75, 3.05) is 12.8 Å². The van der Waals surface area contributed by atoms with Crippen LogP contribution in [0.15, 0.2) is 51.3 Å². The maximum atomic E-state index is 14.5. The molecule has 3 aromatic heterocycles. The topological polar surface area (TPSA) is 170 Å². The van der Waals surface area contributed by atoms with Gasteiger partial charge in [-0.3, -0.25) is 14.2 Å². The van der Waals surface area contributed by atoms with E-state index >= 15 is 0 Å². The molecule has 1 aromatic carbocycles. The van der Waals surface area contributed by atoms with Crippen LogP contribution in [0.25, 0.3) is 16.7 Å². The van der Waals surface area contributed by atoms with Crippen LogP contribution in [-0.2, 0) is 23.6 Å². The van der Waals surface area contributed by atoms with E-state index in [1.807, 2.05) is 0 Å². The molecule has 4 aliphatic carbocycles. The van der Waals surface area contributed by atoms with E-state index in [0.29, 0.717) is 29.6 Å². The first kappa shape index (κ1) is 25.3. The standard InChI is InChI=1S/C27H24FN7O6S/c1-34-17-5-12(3-4-19(17)41-25(34)38)9-29-23(36)16-6-18(35-22(32-16)15(28)10-31-35)24(37)30-11-26-7-14-20(26)21-13(26)8-27(14,21)33-42(2,39)40/h3-7,10,13,20-21,33H,8-9,11H2,1-2H3,(H,29,36)(H,30,37). The van der Waals surface area contributed by atoms with Crippen LogP contribution in [0.2, 0.25) is 0 Å². The predicted octanol–water partition coefficient (Wildman–Crippen LogP) is 0.467. The van der Waals surface area contributed by atoms with E-state index in [-0.39, 0.29) is 46.7 Å². The van der Waals surface area contributed by atoms with Crippen LogP contribution >= 0.6 is 0 Å². The van der Waals surface area contributed by atoms with Crippen molar-refractivity contribution in [3.63, 3.8) is 0 Å². The van der Waals surface area contributed by atoms with Crippen LogP contribution in [0.4, 0.5) is 4.39 Å². The summed E-state index contributed by atoms with van der Waals surface area (Å²) in [6.07, 6.45) is 4.89.